The highest BCUT2D eigenvalue weighted by Crippen LogP contribution is 2.42. The van der Waals surface area contributed by atoms with Gasteiger partial charge in [-0.2, -0.15) is 0 Å². The quantitative estimate of drug-likeness (QED) is 0.313. The summed E-state index contributed by atoms with van der Waals surface area (Å²) in [6.45, 7) is 1.56. The number of carbonyl (C=O) groups is 2. The fraction of sp³-hybridized carbons (Fsp3) is 0.250. The molecule has 2 unspecified atom stereocenters. The first kappa shape index (κ1) is 26.0. The molecule has 0 spiro atoms. The van der Waals surface area contributed by atoms with Crippen molar-refractivity contribution in [1.82, 2.24) is 5.32 Å². The van der Waals surface area contributed by atoms with Gasteiger partial charge in [0.2, 0.25) is 0 Å². The largest absolute Gasteiger partial charge is 0.466 e. The maximum absolute atomic E-state index is 13.0. The maximum Gasteiger partial charge on any atom is 0.336 e. The fourth-order valence-electron chi connectivity index (χ4n) is 4.10. The number of methoxy groups -OCH3 is 2. The van der Waals surface area contributed by atoms with Gasteiger partial charge in [-0.3, -0.25) is 20.2 Å². The Morgan fingerprint density at radius 1 is 0.972 bits per heavy atom. The van der Waals surface area contributed by atoms with Crippen LogP contribution in [-0.4, -0.2) is 41.1 Å². The van der Waals surface area contributed by atoms with Crippen LogP contribution in [0.2, 0.25) is 0 Å². The average molecular weight is 497 g/mol. The van der Waals surface area contributed by atoms with E-state index >= 15 is 0 Å². The van der Waals surface area contributed by atoms with Crippen LogP contribution in [0.3, 0.4) is 0 Å². The minimum atomic E-state index is -1.27. The van der Waals surface area contributed by atoms with Gasteiger partial charge in [-0.25, -0.2) is 9.59 Å². The second kappa shape index (κ2) is 10.8. The van der Waals surface area contributed by atoms with Crippen molar-refractivity contribution in [3.8, 4) is 0 Å². The number of aliphatic hydroxyl groups excluding tert-OH is 1. The Morgan fingerprint density at radius 2 is 1.53 bits per heavy atom. The number of ether oxygens (including phenoxy) is 2. The smallest absolute Gasteiger partial charge is 0.336 e. The highest BCUT2D eigenvalue weighted by atomic mass is 16.6. The third-order valence-electron chi connectivity index (χ3n) is 5.73. The van der Waals surface area contributed by atoms with Crippen LogP contribution in [-0.2, 0) is 19.1 Å². The van der Waals surface area contributed by atoms with Crippen molar-refractivity contribution >= 4 is 23.3 Å². The molecule has 2 atom stereocenters. The van der Waals surface area contributed by atoms with Crippen molar-refractivity contribution in [3.05, 3.63) is 102 Å². The lowest BCUT2D eigenvalue weighted by Gasteiger charge is -2.32. The van der Waals surface area contributed by atoms with Gasteiger partial charge in [0.15, 0.2) is 0 Å². The van der Waals surface area contributed by atoms with Crippen molar-refractivity contribution < 1.29 is 34.0 Å². The predicted molar refractivity (Wildman–Crippen MR) is 125 cm³/mol. The zero-order chi connectivity index (χ0) is 26.6. The van der Waals surface area contributed by atoms with Crippen molar-refractivity contribution in [2.45, 2.75) is 25.4 Å². The Bertz CT molecular complexity index is 1300. The number of nitro benzene ring substituents is 2. The average Bonchev–Trinajstić information content (AvgIpc) is 2.87. The highest BCUT2D eigenvalue weighted by molar-refractivity contribution is 6.00. The third-order valence-corrected chi connectivity index (χ3v) is 5.73. The number of nitrogens with one attached hydrogen (secondary N) is 1. The fourth-order valence-corrected chi connectivity index (χ4v) is 4.10. The van der Waals surface area contributed by atoms with Gasteiger partial charge >= 0.3 is 11.9 Å². The van der Waals surface area contributed by atoms with E-state index in [0.717, 1.165) is 14.2 Å². The van der Waals surface area contributed by atoms with Crippen molar-refractivity contribution in [3.63, 3.8) is 0 Å². The molecular formula is C24H23N3O9. The van der Waals surface area contributed by atoms with Crippen LogP contribution in [0.25, 0.3) is 0 Å². The van der Waals surface area contributed by atoms with Gasteiger partial charge in [-0.1, -0.05) is 24.3 Å². The zero-order valence-corrected chi connectivity index (χ0v) is 19.6. The summed E-state index contributed by atoms with van der Waals surface area (Å²) in [6.07, 6.45) is -1.48. The maximum atomic E-state index is 13.0. The minimum absolute atomic E-state index is 0.0342. The lowest BCUT2D eigenvalue weighted by Crippen LogP contribution is -2.33. The third kappa shape index (κ3) is 5.23. The van der Waals surface area contributed by atoms with Crippen LogP contribution in [0, 0.1) is 20.2 Å². The number of rotatable bonds is 8. The molecule has 0 aromatic heterocycles. The molecule has 0 saturated carbocycles. The summed E-state index contributed by atoms with van der Waals surface area (Å²) in [5.41, 5.74) is 0.470. The van der Waals surface area contributed by atoms with E-state index in [1.165, 1.54) is 48.5 Å². The Morgan fingerprint density at radius 3 is 2.11 bits per heavy atom. The number of allylic oxidation sites excluding steroid dienone is 1. The molecule has 0 aliphatic carbocycles. The number of non-ortho nitro benzene ring substituents is 2. The molecule has 1 heterocycles. The van der Waals surface area contributed by atoms with Gasteiger partial charge in [0.05, 0.1) is 47.2 Å². The summed E-state index contributed by atoms with van der Waals surface area (Å²) in [4.78, 5) is 47.1. The molecule has 2 aromatic carbocycles. The summed E-state index contributed by atoms with van der Waals surface area (Å²) in [5.74, 6) is -2.72. The second-order valence-electron chi connectivity index (χ2n) is 7.90. The standard InChI is InChI=1S/C24H23N3O9/c1-13-20(23(29)35-2)21(15-7-5-9-17(11-15)27(33)34)22(24(30)36-3)18(25-13)12-19(28)14-6-4-8-16(10-14)26(31)32/h4-11,19,21,25,28H,12H2,1-3H3. The number of nitro groups is 2. The summed E-state index contributed by atoms with van der Waals surface area (Å²) in [6, 6.07) is 10.9. The van der Waals surface area contributed by atoms with Crippen LogP contribution in [0.5, 0.6) is 0 Å². The van der Waals surface area contributed by atoms with E-state index in [0.29, 0.717) is 5.70 Å². The normalized spacial score (nSPS) is 16.2. The highest BCUT2D eigenvalue weighted by Gasteiger charge is 2.39. The lowest BCUT2D eigenvalue weighted by molar-refractivity contribution is -0.385. The number of dihydropyridines is 1. The van der Waals surface area contributed by atoms with Gasteiger partial charge in [-0.05, 0) is 18.1 Å². The van der Waals surface area contributed by atoms with Gasteiger partial charge in [0.1, 0.15) is 0 Å². The first-order valence-electron chi connectivity index (χ1n) is 10.6. The summed E-state index contributed by atoms with van der Waals surface area (Å²) >= 11 is 0. The first-order valence-corrected chi connectivity index (χ1v) is 10.6. The van der Waals surface area contributed by atoms with Gasteiger partial charge in [-0.15, -0.1) is 0 Å². The van der Waals surface area contributed by atoms with E-state index in [4.69, 9.17) is 9.47 Å². The van der Waals surface area contributed by atoms with E-state index in [2.05, 4.69) is 5.32 Å². The van der Waals surface area contributed by atoms with Crippen LogP contribution in [0.4, 0.5) is 11.4 Å². The van der Waals surface area contributed by atoms with Crippen LogP contribution in [0.15, 0.2) is 71.1 Å². The van der Waals surface area contributed by atoms with E-state index < -0.39 is 33.8 Å². The molecule has 1 aliphatic rings. The molecule has 2 aromatic rings. The number of esters is 2. The van der Waals surface area contributed by atoms with E-state index in [9.17, 15) is 34.9 Å². The SMILES string of the molecule is COC(=O)C1=C(C)NC(CC(O)c2cccc([N+](=O)[O-])c2)=C(C(=O)OC)C1c1cccc([N+](=O)[O-])c1. The first-order chi connectivity index (χ1) is 17.1. The number of aliphatic hydroxyl groups is 1. The Hall–Kier alpha value is -4.58. The number of hydrogen-bond acceptors (Lipinski definition) is 10. The molecule has 36 heavy (non-hydrogen) atoms. The minimum Gasteiger partial charge on any atom is -0.466 e. The molecule has 0 radical (unpaired) electrons. The van der Waals surface area contributed by atoms with Crippen molar-refractivity contribution in [2.24, 2.45) is 0 Å². The molecule has 3 rings (SSSR count). The molecule has 0 amide bonds. The lowest BCUT2D eigenvalue weighted by atomic mass is 9.79. The summed E-state index contributed by atoms with van der Waals surface area (Å²) in [5, 5.41) is 36.4. The zero-order valence-electron chi connectivity index (χ0n) is 19.6. The topological polar surface area (TPSA) is 171 Å². The van der Waals surface area contributed by atoms with Crippen LogP contribution < -0.4 is 5.32 Å². The molecule has 0 fully saturated rings. The molecule has 188 valence electrons. The van der Waals surface area contributed by atoms with Crippen molar-refractivity contribution in [1.29, 1.82) is 0 Å². The molecule has 12 nitrogen and oxygen atoms in total. The van der Waals surface area contributed by atoms with Gasteiger partial charge in [0.25, 0.3) is 11.4 Å². The molecule has 2 N–H and O–H groups in total. The molecular weight excluding hydrogens is 474 g/mol. The van der Waals surface area contributed by atoms with Crippen molar-refractivity contribution in [2.75, 3.05) is 14.2 Å². The van der Waals surface area contributed by atoms with Crippen LogP contribution >= 0.6 is 0 Å². The molecule has 0 bridgehead atoms. The number of nitrogens with zero attached hydrogens (tertiary/aromatic N) is 2. The molecule has 0 saturated heterocycles. The summed E-state index contributed by atoms with van der Waals surface area (Å²) < 4.78 is 9.88. The molecule has 1 aliphatic heterocycles. The number of hydrogen-bond donors (Lipinski definition) is 2. The molecule has 12 heteroatoms. The Kier molecular flexibility index (Phi) is 7.80. The number of carbonyl (C=O) groups excluding carboxylic acids is 2. The van der Waals surface area contributed by atoms with Gasteiger partial charge < -0.3 is 19.9 Å². The Balaban J connectivity index is 2.18. The van der Waals surface area contributed by atoms with E-state index in [1.807, 2.05) is 0 Å². The van der Waals surface area contributed by atoms with E-state index in [1.54, 1.807) is 6.92 Å². The Labute approximate surface area is 205 Å². The van der Waals surface area contributed by atoms with E-state index in [-0.39, 0.29) is 45.8 Å². The summed E-state index contributed by atoms with van der Waals surface area (Å²) in [7, 11) is 2.30. The second-order valence-corrected chi connectivity index (χ2v) is 7.90. The monoisotopic (exact) mass is 497 g/mol. The van der Waals surface area contributed by atoms with Crippen LogP contribution in [0.1, 0.15) is 36.5 Å². The number of benzene rings is 2. The van der Waals surface area contributed by atoms with Gasteiger partial charge in [0, 0.05) is 42.1 Å². The predicted octanol–water partition coefficient (Wildman–Crippen LogP) is 3.19.